The summed E-state index contributed by atoms with van der Waals surface area (Å²) in [6.45, 7) is 5.15. The first-order chi connectivity index (χ1) is 9.24. The number of hydrogen-bond acceptors (Lipinski definition) is 2. The van der Waals surface area contributed by atoms with Gasteiger partial charge in [-0.2, -0.15) is 0 Å². The summed E-state index contributed by atoms with van der Waals surface area (Å²) in [6.07, 6.45) is 4.78. The lowest BCUT2D eigenvalue weighted by Crippen LogP contribution is -2.22. The van der Waals surface area contributed by atoms with E-state index in [-0.39, 0.29) is 5.91 Å². The van der Waals surface area contributed by atoms with Crippen molar-refractivity contribution in [1.82, 2.24) is 5.32 Å². The van der Waals surface area contributed by atoms with Crippen LogP contribution < -0.4 is 10.1 Å². The Morgan fingerprint density at radius 2 is 2.21 bits per heavy atom. The van der Waals surface area contributed by atoms with Crippen molar-refractivity contribution in [3.63, 3.8) is 0 Å². The Hall–Kier alpha value is -1.77. The summed E-state index contributed by atoms with van der Waals surface area (Å²) in [6, 6.07) is 6.29. The zero-order valence-corrected chi connectivity index (χ0v) is 11.7. The van der Waals surface area contributed by atoms with Gasteiger partial charge in [0.25, 0.3) is 0 Å². The predicted molar refractivity (Wildman–Crippen MR) is 77.2 cm³/mol. The Balaban J connectivity index is 2.09. The summed E-state index contributed by atoms with van der Waals surface area (Å²) in [5, 5.41) is 2.88. The van der Waals surface area contributed by atoms with Crippen LogP contribution in [0.2, 0.25) is 0 Å². The maximum absolute atomic E-state index is 11.2. The van der Waals surface area contributed by atoms with E-state index < -0.39 is 0 Å². The molecule has 0 fully saturated rings. The molecule has 1 aliphatic carbocycles. The van der Waals surface area contributed by atoms with E-state index in [1.165, 1.54) is 16.7 Å². The molecule has 0 aromatic heterocycles. The summed E-state index contributed by atoms with van der Waals surface area (Å²) in [4.78, 5) is 11.2. The van der Waals surface area contributed by atoms with Crippen molar-refractivity contribution >= 4 is 11.5 Å². The van der Waals surface area contributed by atoms with Crippen molar-refractivity contribution < 1.29 is 9.53 Å². The summed E-state index contributed by atoms with van der Waals surface area (Å²) in [7, 11) is 0. The van der Waals surface area contributed by atoms with E-state index in [1.54, 1.807) is 0 Å². The molecule has 0 spiro atoms. The Labute approximate surface area is 114 Å². The van der Waals surface area contributed by atoms with Crippen molar-refractivity contribution in [2.24, 2.45) is 0 Å². The van der Waals surface area contributed by atoms with Crippen LogP contribution in [0.15, 0.2) is 24.3 Å². The molecule has 1 aromatic carbocycles. The van der Waals surface area contributed by atoms with Crippen molar-refractivity contribution in [3.05, 3.63) is 35.4 Å². The number of fused-ring (bicyclic) bond motifs is 1. The second-order valence-electron chi connectivity index (χ2n) is 4.64. The third-order valence-corrected chi connectivity index (χ3v) is 3.37. The van der Waals surface area contributed by atoms with Gasteiger partial charge in [0.05, 0.1) is 6.61 Å². The smallest absolute Gasteiger partial charge is 0.219 e. The van der Waals surface area contributed by atoms with E-state index in [2.05, 4.69) is 23.5 Å². The molecule has 0 unspecified atom stereocenters. The van der Waals surface area contributed by atoms with Crippen LogP contribution in [-0.2, 0) is 11.2 Å². The number of amides is 1. The lowest BCUT2D eigenvalue weighted by Gasteiger charge is -2.07. The van der Waals surface area contributed by atoms with Gasteiger partial charge in [0.2, 0.25) is 5.91 Å². The first kappa shape index (κ1) is 13.7. The molecule has 0 saturated heterocycles. The highest BCUT2D eigenvalue weighted by molar-refractivity contribution is 5.77. The molecule has 19 heavy (non-hydrogen) atoms. The molecule has 102 valence electrons. The number of nitrogens with one attached hydrogen (secondary N) is 1. The molecule has 1 aliphatic rings. The van der Waals surface area contributed by atoms with Crippen molar-refractivity contribution in [3.8, 4) is 5.75 Å². The fraction of sp³-hybridized carbons (Fsp3) is 0.438. The molecule has 1 amide bonds. The second kappa shape index (κ2) is 6.41. The molecule has 0 aliphatic heterocycles. The average Bonchev–Trinajstić information content (AvgIpc) is 2.82. The van der Waals surface area contributed by atoms with Gasteiger partial charge in [0.1, 0.15) is 5.75 Å². The lowest BCUT2D eigenvalue weighted by molar-refractivity contribution is -0.120. The van der Waals surface area contributed by atoms with Crippen LogP contribution in [0, 0.1) is 0 Å². The van der Waals surface area contributed by atoms with Crippen LogP contribution in [0.1, 0.15) is 37.8 Å². The standard InChI is InChI=1S/C16H21NO2/c1-3-16(18)17-10-9-13-6-5-12-7-8-14(19-4-2)11-15(12)13/h7-9,11H,3-6,10H2,1-2H3,(H,17,18). The second-order valence-corrected chi connectivity index (χ2v) is 4.64. The minimum atomic E-state index is 0.0955. The van der Waals surface area contributed by atoms with E-state index >= 15 is 0 Å². The van der Waals surface area contributed by atoms with Crippen LogP contribution in [0.25, 0.3) is 5.57 Å². The van der Waals surface area contributed by atoms with Crippen LogP contribution in [0.5, 0.6) is 5.75 Å². The van der Waals surface area contributed by atoms with Gasteiger partial charge in [0, 0.05) is 13.0 Å². The average molecular weight is 259 g/mol. The van der Waals surface area contributed by atoms with E-state index in [9.17, 15) is 4.79 Å². The Morgan fingerprint density at radius 1 is 1.37 bits per heavy atom. The first-order valence-electron chi connectivity index (χ1n) is 6.96. The molecule has 3 nitrogen and oxygen atoms in total. The summed E-state index contributed by atoms with van der Waals surface area (Å²) >= 11 is 0. The SMILES string of the molecule is CCOc1ccc2c(c1)C(=CCNC(=O)CC)CC2. The van der Waals surface area contributed by atoms with Gasteiger partial charge in [-0.1, -0.05) is 19.1 Å². The third kappa shape index (κ3) is 3.37. The molecule has 2 rings (SSSR count). The quantitative estimate of drug-likeness (QED) is 0.883. The molecular weight excluding hydrogens is 238 g/mol. The molecule has 0 heterocycles. The number of aryl methyl sites for hydroxylation is 1. The molecule has 1 N–H and O–H groups in total. The zero-order valence-electron chi connectivity index (χ0n) is 11.7. The van der Waals surface area contributed by atoms with Crippen LogP contribution in [0.3, 0.4) is 0 Å². The molecule has 0 saturated carbocycles. The molecule has 0 bridgehead atoms. The van der Waals surface area contributed by atoms with Crippen LogP contribution >= 0.6 is 0 Å². The van der Waals surface area contributed by atoms with Crippen LogP contribution in [0.4, 0.5) is 0 Å². The zero-order chi connectivity index (χ0) is 13.7. The number of rotatable bonds is 5. The van der Waals surface area contributed by atoms with Gasteiger partial charge in [0.15, 0.2) is 0 Å². The first-order valence-corrected chi connectivity index (χ1v) is 6.96. The van der Waals surface area contributed by atoms with Crippen molar-refractivity contribution in [1.29, 1.82) is 0 Å². The van der Waals surface area contributed by atoms with E-state index in [0.29, 0.717) is 19.6 Å². The molecule has 1 aromatic rings. The number of carbonyl (C=O) groups excluding carboxylic acids is 1. The highest BCUT2D eigenvalue weighted by Crippen LogP contribution is 2.34. The van der Waals surface area contributed by atoms with E-state index in [4.69, 9.17) is 4.74 Å². The Morgan fingerprint density at radius 3 is 2.95 bits per heavy atom. The van der Waals surface area contributed by atoms with Gasteiger partial charge in [-0.05, 0) is 48.6 Å². The normalized spacial score (nSPS) is 15.4. The fourth-order valence-corrected chi connectivity index (χ4v) is 2.36. The third-order valence-electron chi connectivity index (χ3n) is 3.37. The molecule has 3 heteroatoms. The number of benzene rings is 1. The Kier molecular flexibility index (Phi) is 4.61. The van der Waals surface area contributed by atoms with Gasteiger partial charge in [-0.25, -0.2) is 0 Å². The van der Waals surface area contributed by atoms with Gasteiger partial charge in [-0.3, -0.25) is 4.79 Å². The number of allylic oxidation sites excluding steroid dienone is 1. The number of hydrogen-bond donors (Lipinski definition) is 1. The van der Waals surface area contributed by atoms with Crippen molar-refractivity contribution in [2.45, 2.75) is 33.1 Å². The minimum Gasteiger partial charge on any atom is -0.494 e. The topological polar surface area (TPSA) is 38.3 Å². The van der Waals surface area contributed by atoms with Gasteiger partial charge in [-0.15, -0.1) is 0 Å². The monoisotopic (exact) mass is 259 g/mol. The minimum absolute atomic E-state index is 0.0955. The maximum Gasteiger partial charge on any atom is 0.219 e. The maximum atomic E-state index is 11.2. The summed E-state index contributed by atoms with van der Waals surface area (Å²) in [5.74, 6) is 1.02. The summed E-state index contributed by atoms with van der Waals surface area (Å²) < 4.78 is 5.54. The highest BCUT2D eigenvalue weighted by atomic mass is 16.5. The summed E-state index contributed by atoms with van der Waals surface area (Å²) in [5.41, 5.74) is 3.96. The number of carbonyl (C=O) groups is 1. The molecule has 0 atom stereocenters. The highest BCUT2D eigenvalue weighted by Gasteiger charge is 2.16. The van der Waals surface area contributed by atoms with E-state index in [0.717, 1.165) is 18.6 Å². The van der Waals surface area contributed by atoms with Crippen LogP contribution in [-0.4, -0.2) is 19.1 Å². The van der Waals surface area contributed by atoms with Gasteiger partial charge < -0.3 is 10.1 Å². The molecule has 0 radical (unpaired) electrons. The van der Waals surface area contributed by atoms with Crippen molar-refractivity contribution in [2.75, 3.05) is 13.2 Å². The lowest BCUT2D eigenvalue weighted by atomic mass is 10.1. The fourth-order valence-electron chi connectivity index (χ4n) is 2.36. The molecular formula is C16H21NO2. The predicted octanol–water partition coefficient (Wildman–Crippen LogP) is 2.94. The Bertz CT molecular complexity index is 492. The van der Waals surface area contributed by atoms with Gasteiger partial charge >= 0.3 is 0 Å². The number of ether oxygens (including phenoxy) is 1. The largest absolute Gasteiger partial charge is 0.494 e. The van der Waals surface area contributed by atoms with E-state index in [1.807, 2.05) is 19.9 Å².